The predicted molar refractivity (Wildman–Crippen MR) is 172 cm³/mol. The highest BCUT2D eigenvalue weighted by molar-refractivity contribution is 8.00. The van der Waals surface area contributed by atoms with Gasteiger partial charge in [0.2, 0.25) is 4.77 Å². The molecule has 0 bridgehead atoms. The molecule has 202 valence electrons. The summed E-state index contributed by atoms with van der Waals surface area (Å²) in [5.41, 5.74) is 2.09. The highest BCUT2D eigenvalue weighted by Crippen LogP contribution is 2.64. The Labute approximate surface area is 246 Å². The maximum Gasteiger partial charge on any atom is 0.277 e. The van der Waals surface area contributed by atoms with Crippen molar-refractivity contribution in [3.8, 4) is 0 Å². The second-order valence-electron chi connectivity index (χ2n) is 9.48. The molecule has 0 unspecified atom stereocenters. The lowest BCUT2D eigenvalue weighted by atomic mass is 10.2. The molecule has 5 rings (SSSR count). The van der Waals surface area contributed by atoms with E-state index in [1.807, 2.05) is 128 Å². The SMILES string of the molecule is Cc1ccc(NC(=O)/C(NC(=O)c2ccccc2)=C(\Cl)[P+](c2ccccc2)(c2ccccc2)c2ccccc2)cc1. The van der Waals surface area contributed by atoms with Gasteiger partial charge in [0.1, 0.15) is 15.9 Å². The average Bonchev–Trinajstić information content (AvgIpc) is 3.03. The molecule has 0 saturated heterocycles. The summed E-state index contributed by atoms with van der Waals surface area (Å²) in [5, 5.41) is 8.73. The Morgan fingerprint density at radius 1 is 0.585 bits per heavy atom. The van der Waals surface area contributed by atoms with Gasteiger partial charge in [-0.25, -0.2) is 0 Å². The summed E-state index contributed by atoms with van der Waals surface area (Å²) in [6, 6.07) is 46.1. The van der Waals surface area contributed by atoms with Crippen LogP contribution in [0.1, 0.15) is 15.9 Å². The Kier molecular flexibility index (Phi) is 8.74. The van der Waals surface area contributed by atoms with E-state index >= 15 is 0 Å². The van der Waals surface area contributed by atoms with E-state index in [1.165, 1.54) is 0 Å². The number of rotatable bonds is 8. The number of hydrogen-bond donors (Lipinski definition) is 2. The molecule has 0 aromatic heterocycles. The van der Waals surface area contributed by atoms with Crippen LogP contribution in [0.2, 0.25) is 0 Å². The zero-order chi connectivity index (χ0) is 28.7. The quantitative estimate of drug-likeness (QED) is 0.159. The molecule has 0 radical (unpaired) electrons. The Morgan fingerprint density at radius 2 is 1.00 bits per heavy atom. The molecular formula is C35H29ClN2O2P+. The van der Waals surface area contributed by atoms with E-state index in [4.69, 9.17) is 11.6 Å². The van der Waals surface area contributed by atoms with Crippen molar-refractivity contribution >= 4 is 52.3 Å². The molecule has 0 aliphatic carbocycles. The topological polar surface area (TPSA) is 58.2 Å². The largest absolute Gasteiger partial charge is 0.321 e. The first-order chi connectivity index (χ1) is 20.0. The molecule has 0 saturated carbocycles. The first-order valence-electron chi connectivity index (χ1n) is 13.2. The van der Waals surface area contributed by atoms with E-state index < -0.39 is 19.1 Å². The molecule has 0 spiro atoms. The summed E-state index contributed by atoms with van der Waals surface area (Å²) in [7, 11) is -2.85. The van der Waals surface area contributed by atoms with Crippen LogP contribution in [0.5, 0.6) is 0 Å². The number of nitrogens with one attached hydrogen (secondary N) is 2. The number of hydrogen-bond acceptors (Lipinski definition) is 2. The standard InChI is InChI=1S/C35H28ClN2O2P/c1-26-22-24-28(25-23-26)37-35(40)32(38-34(39)27-14-6-2-7-15-27)33(36)41(29-16-8-3-9-17-29,30-18-10-4-11-19-30)31-20-12-5-13-21-31/h2-25H,1H3,(H-,37,38,39,40)/p+1/b33-32-. The van der Waals surface area contributed by atoms with Crippen LogP contribution in [0.4, 0.5) is 5.69 Å². The minimum atomic E-state index is -2.85. The van der Waals surface area contributed by atoms with Crippen molar-refractivity contribution in [1.29, 1.82) is 0 Å². The van der Waals surface area contributed by atoms with Gasteiger partial charge >= 0.3 is 0 Å². The Hall–Kier alpha value is -4.50. The molecule has 6 heteroatoms. The van der Waals surface area contributed by atoms with E-state index in [9.17, 15) is 9.59 Å². The molecule has 41 heavy (non-hydrogen) atoms. The second kappa shape index (κ2) is 12.8. The van der Waals surface area contributed by atoms with Gasteiger partial charge in [0.25, 0.3) is 11.8 Å². The number of amides is 2. The monoisotopic (exact) mass is 575 g/mol. The van der Waals surface area contributed by atoms with Gasteiger partial charge in [-0.1, -0.05) is 90.5 Å². The fourth-order valence-electron chi connectivity index (χ4n) is 4.72. The third-order valence-electron chi connectivity index (χ3n) is 6.74. The van der Waals surface area contributed by atoms with Crippen LogP contribution in [0.15, 0.2) is 156 Å². The van der Waals surface area contributed by atoms with Gasteiger partial charge in [-0.2, -0.15) is 0 Å². The van der Waals surface area contributed by atoms with Crippen molar-refractivity contribution in [3.63, 3.8) is 0 Å². The van der Waals surface area contributed by atoms with Crippen molar-refractivity contribution in [2.75, 3.05) is 5.32 Å². The Morgan fingerprint density at radius 3 is 1.44 bits per heavy atom. The van der Waals surface area contributed by atoms with Gasteiger partial charge in [-0.3, -0.25) is 9.59 Å². The van der Waals surface area contributed by atoms with Gasteiger partial charge in [0.05, 0.1) is 0 Å². The molecule has 4 nitrogen and oxygen atoms in total. The molecule has 0 aliphatic heterocycles. The lowest BCUT2D eigenvalue weighted by molar-refractivity contribution is -0.113. The van der Waals surface area contributed by atoms with Crippen LogP contribution in [-0.2, 0) is 4.79 Å². The first kappa shape index (κ1) is 28.0. The molecule has 2 N–H and O–H groups in total. The highest BCUT2D eigenvalue weighted by atomic mass is 35.5. The highest BCUT2D eigenvalue weighted by Gasteiger charge is 2.52. The molecular weight excluding hydrogens is 547 g/mol. The van der Waals surface area contributed by atoms with Crippen LogP contribution in [0.3, 0.4) is 0 Å². The number of aryl methyl sites for hydroxylation is 1. The maximum atomic E-state index is 14.1. The van der Waals surface area contributed by atoms with Crippen LogP contribution in [0.25, 0.3) is 0 Å². The smallest absolute Gasteiger partial charge is 0.277 e. The summed E-state index contributed by atoms with van der Waals surface area (Å²) >= 11 is 7.54. The summed E-state index contributed by atoms with van der Waals surface area (Å²) in [5.74, 6) is -0.930. The molecule has 5 aromatic carbocycles. The lowest BCUT2D eigenvalue weighted by Gasteiger charge is -2.28. The number of carbonyl (C=O) groups excluding carboxylic acids is 2. The van der Waals surface area contributed by atoms with Crippen LogP contribution >= 0.6 is 18.9 Å². The van der Waals surface area contributed by atoms with Gasteiger partial charge in [-0.05, 0) is 79.2 Å². The van der Waals surface area contributed by atoms with E-state index in [-0.39, 0.29) is 10.5 Å². The summed E-state index contributed by atoms with van der Waals surface area (Å²) < 4.78 is 0.273. The minimum absolute atomic E-state index is 0.00554. The third-order valence-corrected chi connectivity index (χ3v) is 11.7. The predicted octanol–water partition coefficient (Wildman–Crippen LogP) is 6.77. The van der Waals surface area contributed by atoms with Crippen LogP contribution in [-0.4, -0.2) is 11.8 Å². The summed E-state index contributed by atoms with van der Waals surface area (Å²) in [4.78, 5) is 27.6. The minimum Gasteiger partial charge on any atom is -0.321 e. The van der Waals surface area contributed by atoms with Crippen molar-refractivity contribution in [2.24, 2.45) is 0 Å². The zero-order valence-corrected chi connectivity index (χ0v) is 24.1. The normalized spacial score (nSPS) is 11.8. The molecule has 0 fully saturated rings. The molecule has 2 amide bonds. The fraction of sp³-hybridized carbons (Fsp3) is 0.0286. The first-order valence-corrected chi connectivity index (χ1v) is 15.4. The van der Waals surface area contributed by atoms with Crippen LogP contribution < -0.4 is 26.5 Å². The summed E-state index contributed by atoms with van der Waals surface area (Å²) in [6.45, 7) is 1.98. The molecule has 0 aliphatic rings. The van der Waals surface area contributed by atoms with Gasteiger partial charge in [-0.15, -0.1) is 0 Å². The van der Waals surface area contributed by atoms with Crippen molar-refractivity contribution in [2.45, 2.75) is 6.92 Å². The van der Waals surface area contributed by atoms with E-state index in [0.717, 1.165) is 21.5 Å². The van der Waals surface area contributed by atoms with Gasteiger partial charge in [0, 0.05) is 11.3 Å². The number of anilines is 1. The third kappa shape index (κ3) is 6.00. The van der Waals surface area contributed by atoms with Gasteiger partial charge < -0.3 is 10.6 Å². The molecule has 0 atom stereocenters. The zero-order valence-electron chi connectivity index (χ0n) is 22.5. The second-order valence-corrected chi connectivity index (χ2v) is 13.5. The van der Waals surface area contributed by atoms with Crippen molar-refractivity contribution < 1.29 is 9.59 Å². The molecule has 0 heterocycles. The average molecular weight is 576 g/mol. The number of carbonyl (C=O) groups is 2. The Bertz CT molecular complexity index is 1560. The van der Waals surface area contributed by atoms with E-state index in [2.05, 4.69) is 10.6 Å². The molecule has 5 aromatic rings. The van der Waals surface area contributed by atoms with Gasteiger partial charge in [0.15, 0.2) is 13.0 Å². The van der Waals surface area contributed by atoms with Crippen LogP contribution in [0, 0.1) is 6.92 Å². The van der Waals surface area contributed by atoms with E-state index in [0.29, 0.717) is 11.3 Å². The summed E-state index contributed by atoms with van der Waals surface area (Å²) in [6.07, 6.45) is 0. The fourth-order valence-corrected chi connectivity index (χ4v) is 9.65. The number of benzene rings is 5. The van der Waals surface area contributed by atoms with E-state index in [1.54, 1.807) is 24.3 Å². The maximum absolute atomic E-state index is 14.1. The van der Waals surface area contributed by atoms with Crippen molar-refractivity contribution in [1.82, 2.24) is 5.32 Å². The Balaban J connectivity index is 1.78. The number of halogens is 1. The lowest BCUT2D eigenvalue weighted by Crippen LogP contribution is -2.37. The van der Waals surface area contributed by atoms with Crippen molar-refractivity contribution in [3.05, 3.63) is 167 Å².